The van der Waals surface area contributed by atoms with Gasteiger partial charge in [-0.25, -0.2) is 0 Å². The highest BCUT2D eigenvalue weighted by atomic mass is 16.5. The Labute approximate surface area is 121 Å². The van der Waals surface area contributed by atoms with Crippen molar-refractivity contribution in [1.82, 2.24) is 10.3 Å². The number of methoxy groups -OCH3 is 1. The molecule has 2 aliphatic rings. The van der Waals surface area contributed by atoms with Gasteiger partial charge in [0.25, 0.3) is 0 Å². The molecule has 0 unspecified atom stereocenters. The SMILES string of the molecule is COCCN(c1cc(C)ncc1CNC1CC1)C1CC1. The van der Waals surface area contributed by atoms with Crippen LogP contribution in [0.4, 0.5) is 5.69 Å². The fraction of sp³-hybridized carbons (Fsp3) is 0.688. The van der Waals surface area contributed by atoms with Crippen molar-refractivity contribution in [3.8, 4) is 0 Å². The zero-order valence-electron chi connectivity index (χ0n) is 12.6. The smallest absolute Gasteiger partial charge is 0.0637 e. The van der Waals surface area contributed by atoms with E-state index in [9.17, 15) is 0 Å². The van der Waals surface area contributed by atoms with Crippen LogP contribution in [0.5, 0.6) is 0 Å². The number of pyridine rings is 1. The molecule has 0 spiro atoms. The van der Waals surface area contributed by atoms with Gasteiger partial charge in [0.2, 0.25) is 0 Å². The normalized spacial score (nSPS) is 18.3. The molecule has 2 aliphatic carbocycles. The summed E-state index contributed by atoms with van der Waals surface area (Å²) in [4.78, 5) is 7.00. The second kappa shape index (κ2) is 6.10. The molecule has 4 nitrogen and oxygen atoms in total. The van der Waals surface area contributed by atoms with Gasteiger partial charge >= 0.3 is 0 Å². The van der Waals surface area contributed by atoms with Crippen LogP contribution in [0.25, 0.3) is 0 Å². The summed E-state index contributed by atoms with van der Waals surface area (Å²) >= 11 is 0. The maximum atomic E-state index is 5.28. The molecule has 20 heavy (non-hydrogen) atoms. The Bertz CT molecular complexity index is 455. The Hall–Kier alpha value is -1.13. The Morgan fingerprint density at radius 1 is 1.35 bits per heavy atom. The van der Waals surface area contributed by atoms with Crippen molar-refractivity contribution in [2.45, 2.75) is 51.2 Å². The van der Waals surface area contributed by atoms with E-state index in [0.717, 1.165) is 31.4 Å². The molecular weight excluding hydrogens is 250 g/mol. The van der Waals surface area contributed by atoms with Crippen LogP contribution >= 0.6 is 0 Å². The number of aromatic nitrogens is 1. The van der Waals surface area contributed by atoms with E-state index in [2.05, 4.69) is 28.2 Å². The van der Waals surface area contributed by atoms with Crippen LogP contribution in [0.1, 0.15) is 36.9 Å². The monoisotopic (exact) mass is 275 g/mol. The third kappa shape index (κ3) is 3.49. The Morgan fingerprint density at radius 3 is 2.80 bits per heavy atom. The number of ether oxygens (including phenoxy) is 1. The second-order valence-electron chi connectivity index (χ2n) is 6.03. The fourth-order valence-electron chi connectivity index (χ4n) is 2.59. The van der Waals surface area contributed by atoms with Crippen molar-refractivity contribution < 1.29 is 4.74 Å². The number of anilines is 1. The molecule has 2 fully saturated rings. The van der Waals surface area contributed by atoms with Crippen molar-refractivity contribution in [3.63, 3.8) is 0 Å². The van der Waals surface area contributed by atoms with Crippen LogP contribution in [-0.4, -0.2) is 37.3 Å². The zero-order chi connectivity index (χ0) is 13.9. The van der Waals surface area contributed by atoms with Gasteiger partial charge in [0.15, 0.2) is 0 Å². The number of hydrogen-bond acceptors (Lipinski definition) is 4. The summed E-state index contributed by atoms with van der Waals surface area (Å²) in [6.07, 6.45) is 7.30. The standard InChI is InChI=1S/C16H25N3O/c1-12-9-16(19(7-8-20-2)15-5-6-15)13(10-17-12)11-18-14-3-4-14/h9-10,14-15,18H,3-8,11H2,1-2H3. The maximum absolute atomic E-state index is 5.28. The molecule has 0 saturated heterocycles. The number of nitrogens with one attached hydrogen (secondary N) is 1. The molecule has 0 aromatic carbocycles. The Morgan fingerprint density at radius 2 is 2.15 bits per heavy atom. The molecular formula is C16H25N3O. The first-order valence-corrected chi connectivity index (χ1v) is 7.72. The first-order chi connectivity index (χ1) is 9.78. The lowest BCUT2D eigenvalue weighted by molar-refractivity contribution is 0.205. The molecule has 110 valence electrons. The lowest BCUT2D eigenvalue weighted by Gasteiger charge is -2.27. The van der Waals surface area contributed by atoms with E-state index >= 15 is 0 Å². The summed E-state index contributed by atoms with van der Waals surface area (Å²) in [5, 5.41) is 3.61. The van der Waals surface area contributed by atoms with Gasteiger partial charge in [-0.15, -0.1) is 0 Å². The lowest BCUT2D eigenvalue weighted by Crippen LogP contribution is -2.31. The highest BCUT2D eigenvalue weighted by Crippen LogP contribution is 2.34. The molecule has 4 heteroatoms. The van der Waals surface area contributed by atoms with Crippen LogP contribution in [0.2, 0.25) is 0 Å². The average molecular weight is 275 g/mol. The molecule has 0 aliphatic heterocycles. The third-order valence-electron chi connectivity index (χ3n) is 4.09. The van der Waals surface area contributed by atoms with E-state index in [1.165, 1.54) is 36.9 Å². The summed E-state index contributed by atoms with van der Waals surface area (Å²) in [5.41, 5.74) is 3.77. The maximum Gasteiger partial charge on any atom is 0.0637 e. The van der Waals surface area contributed by atoms with E-state index < -0.39 is 0 Å². The lowest BCUT2D eigenvalue weighted by atomic mass is 10.1. The topological polar surface area (TPSA) is 37.4 Å². The van der Waals surface area contributed by atoms with Gasteiger partial charge in [-0.05, 0) is 38.7 Å². The summed E-state index contributed by atoms with van der Waals surface area (Å²) in [5.74, 6) is 0. The molecule has 1 N–H and O–H groups in total. The average Bonchev–Trinajstić information content (AvgIpc) is 3.31. The van der Waals surface area contributed by atoms with Gasteiger partial charge in [0.1, 0.15) is 0 Å². The van der Waals surface area contributed by atoms with Crippen molar-refractivity contribution in [2.24, 2.45) is 0 Å². The number of rotatable bonds is 8. The quantitative estimate of drug-likeness (QED) is 0.789. The molecule has 1 aromatic heterocycles. The summed E-state index contributed by atoms with van der Waals surface area (Å²) in [7, 11) is 1.78. The van der Waals surface area contributed by atoms with E-state index in [-0.39, 0.29) is 0 Å². The number of hydrogen-bond donors (Lipinski definition) is 1. The number of aryl methyl sites for hydroxylation is 1. The Balaban J connectivity index is 1.77. The molecule has 1 heterocycles. The van der Waals surface area contributed by atoms with E-state index in [4.69, 9.17) is 4.74 Å². The van der Waals surface area contributed by atoms with Gasteiger partial charge in [-0.1, -0.05) is 0 Å². The summed E-state index contributed by atoms with van der Waals surface area (Å²) in [6, 6.07) is 3.67. The van der Waals surface area contributed by atoms with Gasteiger partial charge < -0.3 is 15.0 Å². The fourth-order valence-corrected chi connectivity index (χ4v) is 2.59. The molecule has 0 radical (unpaired) electrons. The molecule has 0 atom stereocenters. The van der Waals surface area contributed by atoms with E-state index in [0.29, 0.717) is 6.04 Å². The predicted octanol–water partition coefficient (Wildman–Crippen LogP) is 2.26. The predicted molar refractivity (Wildman–Crippen MR) is 81.1 cm³/mol. The van der Waals surface area contributed by atoms with Crippen molar-refractivity contribution in [3.05, 3.63) is 23.5 Å². The van der Waals surface area contributed by atoms with Crippen molar-refractivity contribution in [2.75, 3.05) is 25.2 Å². The first kappa shape index (κ1) is 13.8. The molecule has 0 amide bonds. The third-order valence-corrected chi connectivity index (χ3v) is 4.09. The van der Waals surface area contributed by atoms with Crippen LogP contribution in [0.15, 0.2) is 12.3 Å². The van der Waals surface area contributed by atoms with Crippen LogP contribution in [0, 0.1) is 6.92 Å². The first-order valence-electron chi connectivity index (χ1n) is 7.72. The minimum Gasteiger partial charge on any atom is -0.383 e. The number of nitrogens with zero attached hydrogens (tertiary/aromatic N) is 2. The van der Waals surface area contributed by atoms with Crippen molar-refractivity contribution >= 4 is 5.69 Å². The summed E-state index contributed by atoms with van der Waals surface area (Å²) in [6.45, 7) is 4.76. The molecule has 3 rings (SSSR count). The second-order valence-corrected chi connectivity index (χ2v) is 6.03. The van der Waals surface area contributed by atoms with Gasteiger partial charge in [0.05, 0.1) is 6.61 Å². The Kier molecular flexibility index (Phi) is 4.22. The van der Waals surface area contributed by atoms with Gasteiger partial charge in [-0.2, -0.15) is 0 Å². The van der Waals surface area contributed by atoms with Crippen LogP contribution in [0.3, 0.4) is 0 Å². The van der Waals surface area contributed by atoms with Crippen molar-refractivity contribution in [1.29, 1.82) is 0 Å². The molecule has 0 bridgehead atoms. The largest absolute Gasteiger partial charge is 0.383 e. The van der Waals surface area contributed by atoms with E-state index in [1.807, 2.05) is 6.20 Å². The molecule has 2 saturated carbocycles. The van der Waals surface area contributed by atoms with Gasteiger partial charge in [0, 0.05) is 55.4 Å². The minimum absolute atomic E-state index is 0.701. The highest BCUT2D eigenvalue weighted by molar-refractivity contribution is 5.55. The van der Waals surface area contributed by atoms with Crippen LogP contribution < -0.4 is 10.2 Å². The highest BCUT2D eigenvalue weighted by Gasteiger charge is 2.30. The molecule has 1 aromatic rings. The van der Waals surface area contributed by atoms with Gasteiger partial charge in [-0.3, -0.25) is 4.98 Å². The summed E-state index contributed by atoms with van der Waals surface area (Å²) < 4.78 is 5.28. The zero-order valence-corrected chi connectivity index (χ0v) is 12.6. The van der Waals surface area contributed by atoms with Crippen LogP contribution in [-0.2, 0) is 11.3 Å². The minimum atomic E-state index is 0.701. The van der Waals surface area contributed by atoms with E-state index in [1.54, 1.807) is 7.11 Å².